The number of imidazole rings is 1. The zero-order chi connectivity index (χ0) is 16.5. The van der Waals surface area contributed by atoms with Gasteiger partial charge in [-0.2, -0.15) is 5.10 Å². The van der Waals surface area contributed by atoms with E-state index >= 15 is 0 Å². The van der Waals surface area contributed by atoms with Crippen LogP contribution in [0.15, 0.2) is 41.4 Å². The molecule has 0 bridgehead atoms. The quantitative estimate of drug-likeness (QED) is 0.718. The van der Waals surface area contributed by atoms with Crippen molar-refractivity contribution >= 4 is 38.8 Å². The van der Waals surface area contributed by atoms with Crippen molar-refractivity contribution in [3.05, 3.63) is 41.4 Å². The van der Waals surface area contributed by atoms with Crippen molar-refractivity contribution in [1.29, 1.82) is 0 Å². The van der Waals surface area contributed by atoms with E-state index in [-0.39, 0.29) is 0 Å². The summed E-state index contributed by atoms with van der Waals surface area (Å²) in [7, 11) is 0. The molecule has 1 aliphatic heterocycles. The van der Waals surface area contributed by atoms with E-state index in [9.17, 15) is 0 Å². The summed E-state index contributed by atoms with van der Waals surface area (Å²) in [5.74, 6) is 0.782. The first-order valence-electron chi connectivity index (χ1n) is 7.91. The standard InChI is InChI=1S/C16H18BrN7/c1-11-9-18-4-6-23(11)12-2-3-15(20-10-12)21-13-8-14(17)22-24-7-5-19-16(13)24/h2-3,5,7-8,10-11,18H,4,6,9H2,1H3,(H,20,21). The summed E-state index contributed by atoms with van der Waals surface area (Å²) in [6, 6.07) is 6.48. The third kappa shape index (κ3) is 2.94. The molecular weight excluding hydrogens is 370 g/mol. The van der Waals surface area contributed by atoms with Crippen LogP contribution in [-0.2, 0) is 0 Å². The van der Waals surface area contributed by atoms with Crippen molar-refractivity contribution in [2.75, 3.05) is 29.9 Å². The van der Waals surface area contributed by atoms with Gasteiger partial charge in [-0.15, -0.1) is 0 Å². The Hall–Kier alpha value is -2.19. The van der Waals surface area contributed by atoms with E-state index in [1.165, 1.54) is 0 Å². The van der Waals surface area contributed by atoms with Crippen LogP contribution in [0.1, 0.15) is 6.92 Å². The molecule has 2 N–H and O–H groups in total. The molecule has 0 saturated carbocycles. The second-order valence-electron chi connectivity index (χ2n) is 5.85. The average molecular weight is 388 g/mol. The van der Waals surface area contributed by atoms with Gasteiger partial charge in [-0.1, -0.05) is 0 Å². The van der Waals surface area contributed by atoms with Gasteiger partial charge >= 0.3 is 0 Å². The predicted molar refractivity (Wildman–Crippen MR) is 97.9 cm³/mol. The lowest BCUT2D eigenvalue weighted by Crippen LogP contribution is -2.49. The van der Waals surface area contributed by atoms with Crippen LogP contribution in [0.3, 0.4) is 0 Å². The maximum absolute atomic E-state index is 4.56. The number of piperazine rings is 1. The highest BCUT2D eigenvalue weighted by molar-refractivity contribution is 9.10. The van der Waals surface area contributed by atoms with E-state index in [1.807, 2.05) is 24.5 Å². The van der Waals surface area contributed by atoms with Gasteiger partial charge in [0.25, 0.3) is 0 Å². The molecule has 1 aliphatic rings. The number of halogens is 1. The molecule has 24 heavy (non-hydrogen) atoms. The lowest BCUT2D eigenvalue weighted by Gasteiger charge is -2.35. The molecule has 4 rings (SSSR count). The molecule has 124 valence electrons. The number of hydrogen-bond donors (Lipinski definition) is 2. The zero-order valence-electron chi connectivity index (χ0n) is 13.3. The van der Waals surface area contributed by atoms with Gasteiger partial charge in [0, 0.05) is 44.1 Å². The molecule has 7 nitrogen and oxygen atoms in total. The second kappa shape index (κ2) is 6.37. The highest BCUT2D eigenvalue weighted by atomic mass is 79.9. The Kier molecular flexibility index (Phi) is 4.07. The van der Waals surface area contributed by atoms with Crippen LogP contribution in [0.2, 0.25) is 0 Å². The first kappa shape index (κ1) is 15.3. The normalized spacial score (nSPS) is 18.1. The van der Waals surface area contributed by atoms with Gasteiger partial charge in [0.15, 0.2) is 5.65 Å². The van der Waals surface area contributed by atoms with E-state index in [2.05, 4.69) is 59.5 Å². The Morgan fingerprint density at radius 1 is 1.33 bits per heavy atom. The van der Waals surface area contributed by atoms with Gasteiger partial charge < -0.3 is 15.5 Å². The van der Waals surface area contributed by atoms with Crippen molar-refractivity contribution in [2.45, 2.75) is 13.0 Å². The summed E-state index contributed by atoms with van der Waals surface area (Å²) in [6.07, 6.45) is 5.46. The summed E-state index contributed by atoms with van der Waals surface area (Å²) in [5.41, 5.74) is 2.77. The van der Waals surface area contributed by atoms with Crippen LogP contribution in [-0.4, -0.2) is 45.3 Å². The highest BCUT2D eigenvalue weighted by Crippen LogP contribution is 2.24. The van der Waals surface area contributed by atoms with Crippen LogP contribution in [0.25, 0.3) is 5.65 Å². The number of nitrogens with zero attached hydrogens (tertiary/aromatic N) is 5. The number of aromatic nitrogens is 4. The topological polar surface area (TPSA) is 70.4 Å². The molecule has 3 aromatic rings. The number of rotatable bonds is 3. The molecule has 1 saturated heterocycles. The minimum absolute atomic E-state index is 0.472. The van der Waals surface area contributed by atoms with Gasteiger partial charge in [0.05, 0.1) is 17.6 Å². The number of anilines is 3. The van der Waals surface area contributed by atoms with Crippen molar-refractivity contribution in [2.24, 2.45) is 0 Å². The van der Waals surface area contributed by atoms with Crippen molar-refractivity contribution in [3.63, 3.8) is 0 Å². The smallest absolute Gasteiger partial charge is 0.177 e. The molecule has 3 aromatic heterocycles. The molecule has 1 fully saturated rings. The molecule has 1 unspecified atom stereocenters. The van der Waals surface area contributed by atoms with E-state index in [0.29, 0.717) is 6.04 Å². The Morgan fingerprint density at radius 2 is 2.25 bits per heavy atom. The van der Waals surface area contributed by atoms with Crippen LogP contribution in [0.4, 0.5) is 17.2 Å². The number of nitrogens with one attached hydrogen (secondary N) is 2. The Labute approximate surface area is 148 Å². The molecular formula is C16H18BrN7. The van der Waals surface area contributed by atoms with Gasteiger partial charge in [-0.25, -0.2) is 14.5 Å². The third-order valence-electron chi connectivity index (χ3n) is 4.17. The fourth-order valence-corrected chi connectivity index (χ4v) is 3.37. The van der Waals surface area contributed by atoms with Crippen LogP contribution >= 0.6 is 15.9 Å². The average Bonchev–Trinajstić information content (AvgIpc) is 3.05. The van der Waals surface area contributed by atoms with E-state index in [4.69, 9.17) is 0 Å². The molecule has 0 radical (unpaired) electrons. The van der Waals surface area contributed by atoms with Crippen LogP contribution in [0.5, 0.6) is 0 Å². The number of pyridine rings is 1. The minimum atomic E-state index is 0.472. The van der Waals surface area contributed by atoms with Gasteiger partial charge in [0.1, 0.15) is 10.4 Å². The first-order chi connectivity index (χ1) is 11.7. The highest BCUT2D eigenvalue weighted by Gasteiger charge is 2.18. The molecule has 0 aromatic carbocycles. The Balaban J connectivity index is 1.57. The minimum Gasteiger partial charge on any atom is -0.365 e. The number of fused-ring (bicyclic) bond motifs is 1. The maximum Gasteiger partial charge on any atom is 0.177 e. The fraction of sp³-hybridized carbons (Fsp3) is 0.312. The lowest BCUT2D eigenvalue weighted by molar-refractivity contribution is 0.500. The van der Waals surface area contributed by atoms with Crippen LogP contribution < -0.4 is 15.5 Å². The maximum atomic E-state index is 4.56. The van der Waals surface area contributed by atoms with E-state index in [1.54, 1.807) is 10.7 Å². The van der Waals surface area contributed by atoms with Gasteiger partial charge in [0.2, 0.25) is 0 Å². The van der Waals surface area contributed by atoms with Gasteiger partial charge in [-0.3, -0.25) is 0 Å². The number of hydrogen-bond acceptors (Lipinski definition) is 6. The Morgan fingerprint density at radius 3 is 3.04 bits per heavy atom. The molecule has 8 heteroatoms. The third-order valence-corrected chi connectivity index (χ3v) is 4.56. The van der Waals surface area contributed by atoms with Crippen molar-refractivity contribution in [1.82, 2.24) is 24.9 Å². The summed E-state index contributed by atoms with van der Waals surface area (Å²) in [4.78, 5) is 11.3. The summed E-state index contributed by atoms with van der Waals surface area (Å²) in [5, 5.41) is 11.0. The fourth-order valence-electron chi connectivity index (χ4n) is 2.97. The van der Waals surface area contributed by atoms with Gasteiger partial charge in [-0.05, 0) is 35.0 Å². The lowest BCUT2D eigenvalue weighted by atomic mass is 10.2. The monoisotopic (exact) mass is 387 g/mol. The summed E-state index contributed by atoms with van der Waals surface area (Å²) >= 11 is 3.42. The molecule has 0 spiro atoms. The van der Waals surface area contributed by atoms with E-state index in [0.717, 1.165) is 47.1 Å². The largest absolute Gasteiger partial charge is 0.365 e. The molecule has 0 aliphatic carbocycles. The first-order valence-corrected chi connectivity index (χ1v) is 8.70. The van der Waals surface area contributed by atoms with Crippen molar-refractivity contribution < 1.29 is 0 Å². The zero-order valence-corrected chi connectivity index (χ0v) is 14.9. The molecule has 1 atom stereocenters. The SMILES string of the molecule is CC1CNCCN1c1ccc(Nc2cc(Br)nn3ccnc23)nc1. The summed E-state index contributed by atoms with van der Waals surface area (Å²) in [6.45, 7) is 5.24. The van der Waals surface area contributed by atoms with Crippen LogP contribution in [0, 0.1) is 0 Å². The molecule has 0 amide bonds. The second-order valence-corrected chi connectivity index (χ2v) is 6.66. The van der Waals surface area contributed by atoms with Crippen molar-refractivity contribution in [3.8, 4) is 0 Å². The molecule has 4 heterocycles. The Bertz CT molecular complexity index is 845. The summed E-state index contributed by atoms with van der Waals surface area (Å²) < 4.78 is 2.46. The van der Waals surface area contributed by atoms with E-state index < -0.39 is 0 Å². The predicted octanol–water partition coefficient (Wildman–Crippen LogP) is 2.43.